The monoisotopic (exact) mass is 256 g/mol. The van der Waals surface area contributed by atoms with Gasteiger partial charge in [-0.25, -0.2) is 0 Å². The van der Waals surface area contributed by atoms with Gasteiger partial charge in [-0.15, -0.1) is 0 Å². The maximum atomic E-state index is 8.98. The molecule has 0 saturated carbocycles. The molecule has 0 heterocycles. The SMILES string of the molecule is Cc1cc(C)cc(OCCc2ccc(CO)cc2)c1. The second-order valence-electron chi connectivity index (χ2n) is 4.90. The first-order valence-corrected chi connectivity index (χ1v) is 6.57. The predicted molar refractivity (Wildman–Crippen MR) is 77.5 cm³/mol. The first-order valence-electron chi connectivity index (χ1n) is 6.57. The average molecular weight is 256 g/mol. The van der Waals surface area contributed by atoms with Crippen LogP contribution in [0, 0.1) is 13.8 Å². The van der Waals surface area contributed by atoms with Crippen LogP contribution < -0.4 is 4.74 Å². The number of aliphatic hydroxyl groups is 1. The predicted octanol–water partition coefficient (Wildman–Crippen LogP) is 3.42. The van der Waals surface area contributed by atoms with E-state index in [1.165, 1.54) is 16.7 Å². The molecule has 19 heavy (non-hydrogen) atoms. The summed E-state index contributed by atoms with van der Waals surface area (Å²) in [6.45, 7) is 4.92. The molecule has 0 bridgehead atoms. The van der Waals surface area contributed by atoms with Crippen molar-refractivity contribution in [2.75, 3.05) is 6.61 Å². The van der Waals surface area contributed by atoms with Gasteiger partial charge in [0.1, 0.15) is 5.75 Å². The van der Waals surface area contributed by atoms with E-state index in [0.717, 1.165) is 17.7 Å². The van der Waals surface area contributed by atoms with Crippen LogP contribution in [0.25, 0.3) is 0 Å². The third kappa shape index (κ3) is 4.11. The zero-order valence-electron chi connectivity index (χ0n) is 11.5. The molecule has 0 aliphatic heterocycles. The molecule has 2 heteroatoms. The molecule has 0 unspecified atom stereocenters. The smallest absolute Gasteiger partial charge is 0.119 e. The number of hydrogen-bond donors (Lipinski definition) is 1. The van der Waals surface area contributed by atoms with Crippen LogP contribution in [-0.4, -0.2) is 11.7 Å². The van der Waals surface area contributed by atoms with E-state index >= 15 is 0 Å². The van der Waals surface area contributed by atoms with Crippen molar-refractivity contribution in [1.82, 2.24) is 0 Å². The van der Waals surface area contributed by atoms with Crippen molar-refractivity contribution >= 4 is 0 Å². The van der Waals surface area contributed by atoms with Gasteiger partial charge in [0.2, 0.25) is 0 Å². The van der Waals surface area contributed by atoms with Crippen molar-refractivity contribution in [1.29, 1.82) is 0 Å². The lowest BCUT2D eigenvalue weighted by Crippen LogP contribution is -2.02. The summed E-state index contributed by atoms with van der Waals surface area (Å²) in [6.07, 6.45) is 0.874. The van der Waals surface area contributed by atoms with E-state index < -0.39 is 0 Å². The summed E-state index contributed by atoms with van der Waals surface area (Å²) in [5, 5.41) is 8.98. The highest BCUT2D eigenvalue weighted by Crippen LogP contribution is 2.16. The lowest BCUT2D eigenvalue weighted by Gasteiger charge is -2.08. The zero-order valence-corrected chi connectivity index (χ0v) is 11.5. The van der Waals surface area contributed by atoms with E-state index in [1.54, 1.807) is 0 Å². The Hall–Kier alpha value is -1.80. The van der Waals surface area contributed by atoms with Crippen LogP contribution in [0.1, 0.15) is 22.3 Å². The van der Waals surface area contributed by atoms with Gasteiger partial charge in [0.15, 0.2) is 0 Å². The van der Waals surface area contributed by atoms with Crippen molar-refractivity contribution < 1.29 is 9.84 Å². The van der Waals surface area contributed by atoms with E-state index in [1.807, 2.05) is 24.3 Å². The molecule has 0 spiro atoms. The van der Waals surface area contributed by atoms with Crippen LogP contribution in [0.5, 0.6) is 5.75 Å². The van der Waals surface area contributed by atoms with Gasteiger partial charge in [-0.1, -0.05) is 30.3 Å². The van der Waals surface area contributed by atoms with Crippen molar-refractivity contribution in [2.45, 2.75) is 26.9 Å². The Morgan fingerprint density at radius 1 is 0.895 bits per heavy atom. The Labute approximate surface area is 114 Å². The third-order valence-corrected chi connectivity index (χ3v) is 3.06. The van der Waals surface area contributed by atoms with Crippen molar-refractivity contribution in [3.05, 3.63) is 64.7 Å². The molecule has 0 aromatic heterocycles. The van der Waals surface area contributed by atoms with Crippen LogP contribution in [0.4, 0.5) is 0 Å². The fourth-order valence-corrected chi connectivity index (χ4v) is 2.11. The Balaban J connectivity index is 1.88. The Morgan fingerprint density at radius 2 is 1.47 bits per heavy atom. The minimum Gasteiger partial charge on any atom is -0.493 e. The molecule has 0 saturated heterocycles. The second kappa shape index (κ2) is 6.39. The molecule has 0 radical (unpaired) electrons. The topological polar surface area (TPSA) is 29.5 Å². The van der Waals surface area contributed by atoms with Gasteiger partial charge in [-0.05, 0) is 48.2 Å². The quantitative estimate of drug-likeness (QED) is 0.888. The van der Waals surface area contributed by atoms with Gasteiger partial charge >= 0.3 is 0 Å². The molecule has 0 amide bonds. The van der Waals surface area contributed by atoms with Crippen LogP contribution in [0.15, 0.2) is 42.5 Å². The Morgan fingerprint density at radius 3 is 2.05 bits per heavy atom. The first kappa shape index (κ1) is 13.6. The van der Waals surface area contributed by atoms with Gasteiger partial charge < -0.3 is 9.84 Å². The summed E-state index contributed by atoms with van der Waals surface area (Å²) in [6, 6.07) is 14.2. The molecular weight excluding hydrogens is 236 g/mol. The maximum absolute atomic E-state index is 8.98. The Bertz CT molecular complexity index is 509. The number of aliphatic hydroxyl groups excluding tert-OH is 1. The highest BCUT2D eigenvalue weighted by molar-refractivity contribution is 5.33. The average Bonchev–Trinajstić information content (AvgIpc) is 2.38. The fourth-order valence-electron chi connectivity index (χ4n) is 2.11. The highest BCUT2D eigenvalue weighted by Gasteiger charge is 1.98. The largest absolute Gasteiger partial charge is 0.493 e. The van der Waals surface area contributed by atoms with E-state index in [4.69, 9.17) is 9.84 Å². The molecule has 2 nitrogen and oxygen atoms in total. The van der Waals surface area contributed by atoms with E-state index in [9.17, 15) is 0 Å². The van der Waals surface area contributed by atoms with Crippen LogP contribution in [0.3, 0.4) is 0 Å². The number of aryl methyl sites for hydroxylation is 2. The first-order chi connectivity index (χ1) is 9.17. The minimum atomic E-state index is 0.0966. The third-order valence-electron chi connectivity index (χ3n) is 3.06. The van der Waals surface area contributed by atoms with Gasteiger partial charge in [-0.2, -0.15) is 0 Å². The van der Waals surface area contributed by atoms with E-state index in [0.29, 0.717) is 6.61 Å². The molecule has 0 aliphatic carbocycles. The van der Waals surface area contributed by atoms with Crippen molar-refractivity contribution in [2.24, 2.45) is 0 Å². The summed E-state index contributed by atoms with van der Waals surface area (Å²) in [7, 11) is 0. The summed E-state index contributed by atoms with van der Waals surface area (Å²) < 4.78 is 5.78. The molecule has 100 valence electrons. The zero-order chi connectivity index (χ0) is 13.7. The summed E-state index contributed by atoms with van der Waals surface area (Å²) in [5.41, 5.74) is 4.62. The maximum Gasteiger partial charge on any atom is 0.119 e. The summed E-state index contributed by atoms with van der Waals surface area (Å²) in [5.74, 6) is 0.935. The van der Waals surface area contributed by atoms with Crippen molar-refractivity contribution in [3.63, 3.8) is 0 Å². The number of ether oxygens (including phenoxy) is 1. The molecule has 2 rings (SSSR count). The number of hydrogen-bond acceptors (Lipinski definition) is 2. The van der Waals surface area contributed by atoms with Gasteiger partial charge in [0.05, 0.1) is 13.2 Å². The molecule has 0 fully saturated rings. The van der Waals surface area contributed by atoms with Crippen molar-refractivity contribution in [3.8, 4) is 5.75 Å². The minimum absolute atomic E-state index is 0.0966. The molecule has 0 aliphatic rings. The summed E-state index contributed by atoms with van der Waals surface area (Å²) >= 11 is 0. The molecule has 1 N–H and O–H groups in total. The van der Waals surface area contributed by atoms with E-state index in [2.05, 4.69) is 32.0 Å². The standard InChI is InChI=1S/C17H20O2/c1-13-9-14(2)11-17(10-13)19-8-7-15-3-5-16(12-18)6-4-15/h3-6,9-11,18H,7-8,12H2,1-2H3. The molecule has 0 atom stereocenters. The fraction of sp³-hybridized carbons (Fsp3) is 0.294. The van der Waals surface area contributed by atoms with E-state index in [-0.39, 0.29) is 6.61 Å². The highest BCUT2D eigenvalue weighted by atomic mass is 16.5. The molecular formula is C17H20O2. The van der Waals surface area contributed by atoms with Crippen LogP contribution >= 0.6 is 0 Å². The van der Waals surface area contributed by atoms with Gasteiger partial charge in [-0.3, -0.25) is 0 Å². The van der Waals surface area contributed by atoms with Crippen LogP contribution in [-0.2, 0) is 13.0 Å². The number of benzene rings is 2. The van der Waals surface area contributed by atoms with Gasteiger partial charge in [0.25, 0.3) is 0 Å². The van der Waals surface area contributed by atoms with Crippen LogP contribution in [0.2, 0.25) is 0 Å². The lowest BCUT2D eigenvalue weighted by molar-refractivity contribution is 0.282. The second-order valence-corrected chi connectivity index (χ2v) is 4.90. The number of rotatable bonds is 5. The van der Waals surface area contributed by atoms with Gasteiger partial charge in [0, 0.05) is 6.42 Å². The molecule has 2 aromatic carbocycles. The molecule has 2 aromatic rings. The Kier molecular flexibility index (Phi) is 4.58. The lowest BCUT2D eigenvalue weighted by atomic mass is 10.1. The summed E-state index contributed by atoms with van der Waals surface area (Å²) in [4.78, 5) is 0. The normalized spacial score (nSPS) is 10.5.